The van der Waals surface area contributed by atoms with Crippen molar-refractivity contribution in [1.29, 1.82) is 0 Å². The van der Waals surface area contributed by atoms with Gasteiger partial charge in [-0.15, -0.1) is 0 Å². The second-order valence-corrected chi connectivity index (χ2v) is 7.26. The Hall–Kier alpha value is -2.30. The lowest BCUT2D eigenvalue weighted by atomic mass is 10.3. The molecule has 0 aliphatic carbocycles. The summed E-state index contributed by atoms with van der Waals surface area (Å²) in [7, 11) is -3.87. The molecule has 25 heavy (non-hydrogen) atoms. The predicted molar refractivity (Wildman–Crippen MR) is 95.6 cm³/mol. The van der Waals surface area contributed by atoms with E-state index in [0.29, 0.717) is 11.5 Å². The second-order valence-electron chi connectivity index (χ2n) is 5.64. The predicted octanol–water partition coefficient (Wildman–Crippen LogP) is 4.18. The first-order chi connectivity index (χ1) is 11.9. The zero-order valence-corrected chi connectivity index (χ0v) is 15.3. The number of ether oxygens (including phenoxy) is 1. The van der Waals surface area contributed by atoms with Gasteiger partial charge in [0.25, 0.3) is 0 Å². The number of rotatable bonds is 8. The minimum atomic E-state index is -3.87. The van der Waals surface area contributed by atoms with Gasteiger partial charge in [-0.2, -0.15) is 5.09 Å². The summed E-state index contributed by atoms with van der Waals surface area (Å²) in [5.74, 6) is 0.181. The fourth-order valence-electron chi connectivity index (χ4n) is 1.94. The van der Waals surface area contributed by atoms with Gasteiger partial charge in [-0.3, -0.25) is 4.79 Å². The molecule has 0 unspecified atom stereocenters. The van der Waals surface area contributed by atoms with Gasteiger partial charge in [-0.1, -0.05) is 36.4 Å². The number of para-hydroxylation sites is 2. The van der Waals surface area contributed by atoms with Crippen molar-refractivity contribution in [3.63, 3.8) is 0 Å². The number of hydrogen-bond acceptors (Lipinski definition) is 5. The number of esters is 1. The molecule has 2 aromatic rings. The molecule has 0 aliphatic heterocycles. The van der Waals surface area contributed by atoms with Gasteiger partial charge in [0.15, 0.2) is 0 Å². The van der Waals surface area contributed by atoms with Crippen LogP contribution in [0.3, 0.4) is 0 Å². The molecule has 0 saturated heterocycles. The maximum atomic E-state index is 13.2. The van der Waals surface area contributed by atoms with Crippen LogP contribution in [-0.4, -0.2) is 18.1 Å². The SMILES string of the molecule is CC(C)OC(=O)[C@H](C)NP(=O)(Oc1ccccc1)Oc1ccccc1. The molecule has 7 heteroatoms. The number of hydrogen-bond donors (Lipinski definition) is 1. The van der Waals surface area contributed by atoms with E-state index in [1.807, 2.05) is 12.1 Å². The Balaban J connectivity index is 2.19. The monoisotopic (exact) mass is 363 g/mol. The average Bonchev–Trinajstić information content (AvgIpc) is 2.55. The normalized spacial score (nSPS) is 12.5. The van der Waals surface area contributed by atoms with Gasteiger partial charge in [-0.25, -0.2) is 4.57 Å². The highest BCUT2D eigenvalue weighted by Gasteiger charge is 2.33. The minimum Gasteiger partial charge on any atom is -0.462 e. The second kappa shape index (κ2) is 8.70. The number of benzene rings is 2. The number of nitrogens with one attached hydrogen (secondary N) is 1. The Morgan fingerprint density at radius 3 is 1.72 bits per heavy atom. The van der Waals surface area contributed by atoms with E-state index in [1.54, 1.807) is 69.3 Å². The van der Waals surface area contributed by atoms with Crippen LogP contribution in [0.25, 0.3) is 0 Å². The van der Waals surface area contributed by atoms with Gasteiger partial charge < -0.3 is 13.8 Å². The topological polar surface area (TPSA) is 73.9 Å². The Morgan fingerprint density at radius 1 is 0.880 bits per heavy atom. The van der Waals surface area contributed by atoms with Gasteiger partial charge >= 0.3 is 13.7 Å². The molecule has 1 N–H and O–H groups in total. The van der Waals surface area contributed by atoms with E-state index in [-0.39, 0.29) is 6.10 Å². The summed E-state index contributed by atoms with van der Waals surface area (Å²) in [6, 6.07) is 16.4. The number of carbonyl (C=O) groups excluding carboxylic acids is 1. The molecule has 0 saturated carbocycles. The summed E-state index contributed by atoms with van der Waals surface area (Å²) >= 11 is 0. The molecule has 0 bridgehead atoms. The maximum absolute atomic E-state index is 13.2. The summed E-state index contributed by atoms with van der Waals surface area (Å²) in [5, 5.41) is 2.63. The van der Waals surface area contributed by atoms with Crippen molar-refractivity contribution in [2.24, 2.45) is 0 Å². The van der Waals surface area contributed by atoms with Gasteiger partial charge in [0.2, 0.25) is 0 Å². The van der Waals surface area contributed by atoms with Gasteiger partial charge in [0, 0.05) is 0 Å². The van der Waals surface area contributed by atoms with Crippen LogP contribution >= 0.6 is 7.75 Å². The highest BCUT2D eigenvalue weighted by molar-refractivity contribution is 7.52. The van der Waals surface area contributed by atoms with Gasteiger partial charge in [-0.05, 0) is 45.0 Å². The molecule has 2 rings (SSSR count). The third kappa shape index (κ3) is 6.25. The third-order valence-electron chi connectivity index (χ3n) is 2.99. The van der Waals surface area contributed by atoms with E-state index >= 15 is 0 Å². The Kier molecular flexibility index (Phi) is 6.62. The van der Waals surface area contributed by atoms with Crippen molar-refractivity contribution in [2.75, 3.05) is 0 Å². The minimum absolute atomic E-state index is 0.277. The zero-order chi connectivity index (χ0) is 18.3. The quantitative estimate of drug-likeness (QED) is 0.560. The summed E-state index contributed by atoms with van der Waals surface area (Å²) in [6.07, 6.45) is -0.277. The zero-order valence-electron chi connectivity index (χ0n) is 14.4. The summed E-state index contributed by atoms with van der Waals surface area (Å²) in [5.41, 5.74) is 0. The summed E-state index contributed by atoms with van der Waals surface area (Å²) in [6.45, 7) is 5.02. The lowest BCUT2D eigenvalue weighted by molar-refractivity contribution is -0.149. The van der Waals surface area contributed by atoms with Crippen LogP contribution in [0.2, 0.25) is 0 Å². The molecular formula is C18H22NO5P. The number of carbonyl (C=O) groups is 1. The fraction of sp³-hybridized carbons (Fsp3) is 0.278. The van der Waals surface area contributed by atoms with Crippen LogP contribution in [0, 0.1) is 0 Å². The highest BCUT2D eigenvalue weighted by Crippen LogP contribution is 2.45. The van der Waals surface area contributed by atoms with Crippen molar-refractivity contribution in [3.05, 3.63) is 60.7 Å². The lowest BCUT2D eigenvalue weighted by Crippen LogP contribution is -2.36. The molecule has 1 atom stereocenters. The van der Waals surface area contributed by atoms with E-state index in [0.717, 1.165) is 0 Å². The van der Waals surface area contributed by atoms with Crippen LogP contribution < -0.4 is 14.1 Å². The molecular weight excluding hydrogens is 341 g/mol. The highest BCUT2D eigenvalue weighted by atomic mass is 31.2. The van der Waals surface area contributed by atoms with Crippen molar-refractivity contribution in [3.8, 4) is 11.5 Å². The molecule has 0 aliphatic rings. The van der Waals surface area contributed by atoms with E-state index in [9.17, 15) is 9.36 Å². The van der Waals surface area contributed by atoms with Crippen LogP contribution in [-0.2, 0) is 14.1 Å². The lowest BCUT2D eigenvalue weighted by Gasteiger charge is -2.23. The van der Waals surface area contributed by atoms with Crippen molar-refractivity contribution in [2.45, 2.75) is 32.9 Å². The van der Waals surface area contributed by atoms with E-state index in [1.165, 1.54) is 0 Å². The third-order valence-corrected chi connectivity index (χ3v) is 4.60. The van der Waals surface area contributed by atoms with Crippen LogP contribution in [0.15, 0.2) is 60.7 Å². The Bertz CT molecular complexity index is 675. The largest absolute Gasteiger partial charge is 0.513 e. The van der Waals surface area contributed by atoms with Crippen molar-refractivity contribution in [1.82, 2.24) is 5.09 Å². The molecule has 0 radical (unpaired) electrons. The van der Waals surface area contributed by atoms with E-state index in [4.69, 9.17) is 13.8 Å². The molecule has 0 spiro atoms. The van der Waals surface area contributed by atoms with Gasteiger partial charge in [0.05, 0.1) is 6.10 Å². The standard InChI is InChI=1S/C18H22NO5P/c1-14(2)22-18(20)15(3)19-25(21,23-16-10-6-4-7-11-16)24-17-12-8-5-9-13-17/h4-15H,1-3H3,(H,19,21)/t15-/m0/s1. The fourth-order valence-corrected chi connectivity index (χ4v) is 3.46. The first kappa shape index (κ1) is 19.0. The first-order valence-electron chi connectivity index (χ1n) is 7.95. The molecule has 2 aromatic carbocycles. The van der Waals surface area contributed by atoms with Crippen LogP contribution in [0.4, 0.5) is 0 Å². The summed E-state index contributed by atoms with van der Waals surface area (Å²) < 4.78 is 29.4. The van der Waals surface area contributed by atoms with Crippen LogP contribution in [0.1, 0.15) is 20.8 Å². The Labute approximate surface area is 147 Å². The summed E-state index contributed by atoms with van der Waals surface area (Å²) in [4.78, 5) is 12.0. The molecule has 134 valence electrons. The van der Waals surface area contributed by atoms with Crippen LogP contribution in [0.5, 0.6) is 11.5 Å². The van der Waals surface area contributed by atoms with Crippen molar-refractivity contribution < 1.29 is 23.1 Å². The van der Waals surface area contributed by atoms with Gasteiger partial charge in [0.1, 0.15) is 17.5 Å². The first-order valence-corrected chi connectivity index (χ1v) is 9.50. The van der Waals surface area contributed by atoms with Crippen molar-refractivity contribution >= 4 is 13.7 Å². The van der Waals surface area contributed by atoms with E-state index < -0.39 is 19.8 Å². The Morgan fingerprint density at radius 2 is 1.32 bits per heavy atom. The average molecular weight is 363 g/mol. The molecule has 0 amide bonds. The smallest absolute Gasteiger partial charge is 0.462 e. The molecule has 0 heterocycles. The molecule has 6 nitrogen and oxygen atoms in total. The maximum Gasteiger partial charge on any atom is 0.513 e. The van der Waals surface area contributed by atoms with E-state index in [2.05, 4.69) is 5.09 Å². The molecule has 0 aromatic heterocycles. The molecule has 0 fully saturated rings.